The summed E-state index contributed by atoms with van der Waals surface area (Å²) < 4.78 is 0. The molecule has 1 aromatic carbocycles. The monoisotopic (exact) mass is 218 g/mol. The van der Waals surface area contributed by atoms with Crippen LogP contribution in [0.25, 0.3) is 0 Å². The fraction of sp³-hybridized carbons (Fsp3) is 0.273. The van der Waals surface area contributed by atoms with Crippen molar-refractivity contribution < 1.29 is 15.3 Å². The van der Waals surface area contributed by atoms with Gasteiger partial charge in [0.1, 0.15) is 11.9 Å². The summed E-state index contributed by atoms with van der Waals surface area (Å²) in [5, 5.41) is 45.5. The van der Waals surface area contributed by atoms with Crippen LogP contribution in [0.3, 0.4) is 0 Å². The Bertz CT molecular complexity index is 459. The fourth-order valence-electron chi connectivity index (χ4n) is 1.27. The number of benzene rings is 1. The van der Waals surface area contributed by atoms with Gasteiger partial charge in [-0.3, -0.25) is 0 Å². The molecule has 2 unspecified atom stereocenters. The number of nitrogens with zero attached hydrogens (tertiary/aromatic N) is 2. The summed E-state index contributed by atoms with van der Waals surface area (Å²) in [6.07, 6.45) is -2.92. The fourth-order valence-corrected chi connectivity index (χ4v) is 1.27. The summed E-state index contributed by atoms with van der Waals surface area (Å²) in [6, 6.07) is 7.49. The molecular formula is C11H10N2O3. The summed E-state index contributed by atoms with van der Waals surface area (Å²) >= 11 is 0. The van der Waals surface area contributed by atoms with Crippen molar-refractivity contribution in [3.63, 3.8) is 0 Å². The highest BCUT2D eigenvalue weighted by Crippen LogP contribution is 2.28. The lowest BCUT2D eigenvalue weighted by Crippen LogP contribution is -2.17. The van der Waals surface area contributed by atoms with Crippen molar-refractivity contribution in [3.8, 4) is 17.9 Å². The second-order valence-electron chi connectivity index (χ2n) is 3.26. The van der Waals surface area contributed by atoms with Crippen LogP contribution in [0.15, 0.2) is 18.2 Å². The first-order valence-corrected chi connectivity index (χ1v) is 4.56. The van der Waals surface area contributed by atoms with Crippen LogP contribution < -0.4 is 0 Å². The quantitative estimate of drug-likeness (QED) is 0.687. The molecule has 0 aromatic heterocycles. The predicted octanol–water partition coefficient (Wildman–Crippen LogP) is 0.572. The molecule has 5 nitrogen and oxygen atoms in total. The molecule has 82 valence electrons. The van der Waals surface area contributed by atoms with E-state index in [1.165, 1.54) is 18.2 Å². The Labute approximate surface area is 92.4 Å². The normalized spacial score (nSPS) is 13.5. The van der Waals surface area contributed by atoms with Crippen LogP contribution in [0.1, 0.15) is 23.7 Å². The van der Waals surface area contributed by atoms with Gasteiger partial charge in [-0.15, -0.1) is 0 Å². The molecule has 0 radical (unpaired) electrons. The van der Waals surface area contributed by atoms with Crippen molar-refractivity contribution in [3.05, 3.63) is 29.3 Å². The van der Waals surface area contributed by atoms with Gasteiger partial charge in [0.25, 0.3) is 0 Å². The van der Waals surface area contributed by atoms with Gasteiger partial charge >= 0.3 is 0 Å². The average Bonchev–Trinajstić information content (AvgIpc) is 2.29. The molecule has 0 fully saturated rings. The van der Waals surface area contributed by atoms with Gasteiger partial charge in [-0.1, -0.05) is 0 Å². The second kappa shape index (κ2) is 5.13. The van der Waals surface area contributed by atoms with Gasteiger partial charge < -0.3 is 15.3 Å². The highest BCUT2D eigenvalue weighted by atomic mass is 16.3. The van der Waals surface area contributed by atoms with Crippen LogP contribution in [0, 0.1) is 22.7 Å². The van der Waals surface area contributed by atoms with Gasteiger partial charge in [0.15, 0.2) is 0 Å². The topological polar surface area (TPSA) is 108 Å². The third kappa shape index (κ3) is 2.48. The highest BCUT2D eigenvalue weighted by Gasteiger charge is 2.21. The first kappa shape index (κ1) is 12.0. The first-order chi connectivity index (χ1) is 7.60. The smallest absolute Gasteiger partial charge is 0.121 e. The Kier molecular flexibility index (Phi) is 3.84. The van der Waals surface area contributed by atoms with E-state index in [2.05, 4.69) is 0 Å². The Morgan fingerprint density at radius 1 is 1.25 bits per heavy atom. The molecule has 0 aliphatic carbocycles. The van der Waals surface area contributed by atoms with Crippen molar-refractivity contribution in [1.29, 1.82) is 10.5 Å². The summed E-state index contributed by atoms with van der Waals surface area (Å²) in [6.45, 7) is 0. The standard InChI is InChI=1S/C11H10N2O3/c12-4-3-10(15)11(16)8-5-7(6-13)1-2-9(8)14/h1-2,5,10-11,14-16H,3H2. The maximum absolute atomic E-state index is 9.65. The Balaban J connectivity index is 3.04. The number of hydrogen-bond donors (Lipinski definition) is 3. The van der Waals surface area contributed by atoms with Crippen molar-refractivity contribution in [2.24, 2.45) is 0 Å². The molecule has 0 spiro atoms. The van der Waals surface area contributed by atoms with Crippen LogP contribution in [-0.4, -0.2) is 21.4 Å². The number of nitriles is 2. The molecule has 0 aliphatic rings. The minimum atomic E-state index is -1.38. The van der Waals surface area contributed by atoms with E-state index in [0.717, 1.165) is 0 Å². The maximum atomic E-state index is 9.65. The van der Waals surface area contributed by atoms with E-state index in [9.17, 15) is 15.3 Å². The van der Waals surface area contributed by atoms with Gasteiger partial charge in [0, 0.05) is 5.56 Å². The van der Waals surface area contributed by atoms with Crippen molar-refractivity contribution >= 4 is 0 Å². The Hall–Kier alpha value is -2.08. The zero-order valence-electron chi connectivity index (χ0n) is 8.33. The molecule has 0 saturated heterocycles. The zero-order chi connectivity index (χ0) is 12.1. The van der Waals surface area contributed by atoms with Crippen LogP contribution in [-0.2, 0) is 0 Å². The molecule has 0 saturated carbocycles. The molecule has 1 rings (SSSR count). The van der Waals surface area contributed by atoms with Crippen molar-refractivity contribution in [2.75, 3.05) is 0 Å². The molecule has 5 heteroatoms. The number of aromatic hydroxyl groups is 1. The Morgan fingerprint density at radius 3 is 2.50 bits per heavy atom. The Morgan fingerprint density at radius 2 is 1.94 bits per heavy atom. The molecule has 0 heterocycles. The lowest BCUT2D eigenvalue weighted by Gasteiger charge is -2.16. The van der Waals surface area contributed by atoms with Gasteiger partial charge in [-0.25, -0.2) is 0 Å². The number of aliphatic hydroxyl groups excluding tert-OH is 2. The van der Waals surface area contributed by atoms with Crippen LogP contribution >= 0.6 is 0 Å². The molecule has 3 N–H and O–H groups in total. The summed E-state index contributed by atoms with van der Waals surface area (Å²) in [7, 11) is 0. The molecule has 2 atom stereocenters. The molecular weight excluding hydrogens is 208 g/mol. The molecule has 0 bridgehead atoms. The lowest BCUT2D eigenvalue weighted by molar-refractivity contribution is 0.0202. The van der Waals surface area contributed by atoms with E-state index < -0.39 is 12.2 Å². The van der Waals surface area contributed by atoms with Gasteiger partial charge in [-0.2, -0.15) is 10.5 Å². The third-order valence-electron chi connectivity index (χ3n) is 2.14. The predicted molar refractivity (Wildman–Crippen MR) is 54.0 cm³/mol. The SMILES string of the molecule is N#CCC(O)C(O)c1cc(C#N)ccc1O. The van der Waals surface area contributed by atoms with Crippen molar-refractivity contribution in [1.82, 2.24) is 0 Å². The van der Waals surface area contributed by atoms with Gasteiger partial charge in [-0.05, 0) is 18.2 Å². The maximum Gasteiger partial charge on any atom is 0.121 e. The summed E-state index contributed by atoms with van der Waals surface area (Å²) in [5.74, 6) is -0.219. The average molecular weight is 218 g/mol. The number of phenolic OH excluding ortho intramolecular Hbond substituents is 1. The number of aliphatic hydroxyl groups is 2. The lowest BCUT2D eigenvalue weighted by atomic mass is 10.00. The summed E-state index contributed by atoms with van der Waals surface area (Å²) in [5.41, 5.74) is 0.304. The largest absolute Gasteiger partial charge is 0.508 e. The molecule has 0 aliphatic heterocycles. The number of hydrogen-bond acceptors (Lipinski definition) is 5. The molecule has 1 aromatic rings. The molecule has 16 heavy (non-hydrogen) atoms. The van der Waals surface area contributed by atoms with Crippen LogP contribution in [0.4, 0.5) is 0 Å². The van der Waals surface area contributed by atoms with E-state index in [4.69, 9.17) is 10.5 Å². The number of phenols is 1. The van der Waals surface area contributed by atoms with E-state index in [1.54, 1.807) is 6.07 Å². The van der Waals surface area contributed by atoms with Crippen molar-refractivity contribution in [2.45, 2.75) is 18.6 Å². The first-order valence-electron chi connectivity index (χ1n) is 4.56. The van der Waals surface area contributed by atoms with Gasteiger partial charge in [0.05, 0.1) is 30.2 Å². The summed E-state index contributed by atoms with van der Waals surface area (Å²) in [4.78, 5) is 0. The van der Waals surface area contributed by atoms with E-state index >= 15 is 0 Å². The highest BCUT2D eigenvalue weighted by molar-refractivity contribution is 5.42. The van der Waals surface area contributed by atoms with Crippen LogP contribution in [0.5, 0.6) is 5.75 Å². The minimum absolute atomic E-state index is 0.0433. The van der Waals surface area contributed by atoms with Gasteiger partial charge in [0.2, 0.25) is 0 Å². The third-order valence-corrected chi connectivity index (χ3v) is 2.14. The van der Waals surface area contributed by atoms with E-state index in [1.807, 2.05) is 6.07 Å². The zero-order valence-corrected chi connectivity index (χ0v) is 8.33. The minimum Gasteiger partial charge on any atom is -0.508 e. The second-order valence-corrected chi connectivity index (χ2v) is 3.26. The number of rotatable bonds is 3. The van der Waals surface area contributed by atoms with E-state index in [0.29, 0.717) is 0 Å². The van der Waals surface area contributed by atoms with Crippen LogP contribution in [0.2, 0.25) is 0 Å². The van der Waals surface area contributed by atoms with E-state index in [-0.39, 0.29) is 23.3 Å². The molecule has 0 amide bonds.